The number of carbonyl (C=O) groups is 3. The van der Waals surface area contributed by atoms with Gasteiger partial charge in [-0.25, -0.2) is 4.98 Å². The van der Waals surface area contributed by atoms with Gasteiger partial charge in [0.1, 0.15) is 24.4 Å². The number of carbonyl (C=O) groups excluding carboxylic acids is 3. The van der Waals surface area contributed by atoms with E-state index in [9.17, 15) is 29.7 Å². The van der Waals surface area contributed by atoms with E-state index in [1.807, 2.05) is 62.7 Å². The number of likely N-dealkylation sites (tertiary alicyclic amines) is 1. The van der Waals surface area contributed by atoms with E-state index in [4.69, 9.17) is 14.2 Å². The van der Waals surface area contributed by atoms with Crippen molar-refractivity contribution in [1.82, 2.24) is 20.5 Å². The van der Waals surface area contributed by atoms with E-state index < -0.39 is 30.0 Å². The lowest BCUT2D eigenvalue weighted by Crippen LogP contribution is -2.55. The van der Waals surface area contributed by atoms with E-state index >= 15 is 0 Å². The lowest BCUT2D eigenvalue weighted by molar-refractivity contribution is -0.143. The van der Waals surface area contributed by atoms with Gasteiger partial charge in [-0.1, -0.05) is 57.5 Å². The third-order valence-corrected chi connectivity index (χ3v) is 15.4. The number of nitrogens with zero attached hydrogens (tertiary/aromatic N) is 2. The minimum Gasteiger partial charge on any atom is -0.508 e. The Hall–Kier alpha value is -3.92. The first kappa shape index (κ1) is 47.1. The van der Waals surface area contributed by atoms with Gasteiger partial charge in [0, 0.05) is 26.1 Å². The fourth-order valence-electron chi connectivity index (χ4n) is 11.1. The first-order valence-electron chi connectivity index (χ1n) is 23.1. The summed E-state index contributed by atoms with van der Waals surface area (Å²) in [4.78, 5) is 46.8. The molecule has 7 rings (SSSR count). The van der Waals surface area contributed by atoms with E-state index in [2.05, 4.69) is 28.6 Å². The summed E-state index contributed by atoms with van der Waals surface area (Å²) in [5.74, 6) is 0.991. The van der Waals surface area contributed by atoms with Crippen LogP contribution in [0.4, 0.5) is 0 Å². The summed E-state index contributed by atoms with van der Waals surface area (Å²) >= 11 is 1.58. The monoisotopic (exact) mass is 888 g/mol. The van der Waals surface area contributed by atoms with Gasteiger partial charge >= 0.3 is 0 Å². The normalized spacial score (nSPS) is 26.8. The number of nitrogens with one attached hydrogen (secondary N) is 2. The second-order valence-corrected chi connectivity index (χ2v) is 19.8. The van der Waals surface area contributed by atoms with Crippen molar-refractivity contribution in [3.05, 3.63) is 70.4 Å². The molecule has 3 aliphatic carbocycles. The number of β-amino-alcohol motifs (C(OH)–C–C–N with tert-alkyl or cyclic N) is 1. The molecule has 63 heavy (non-hydrogen) atoms. The van der Waals surface area contributed by atoms with Crippen LogP contribution in [0.2, 0.25) is 0 Å². The minimum absolute atomic E-state index is 0.00628. The molecule has 4 aliphatic rings. The van der Waals surface area contributed by atoms with Crippen LogP contribution in [0.25, 0.3) is 10.4 Å². The largest absolute Gasteiger partial charge is 0.508 e. The van der Waals surface area contributed by atoms with Gasteiger partial charge in [0.25, 0.3) is 0 Å². The summed E-state index contributed by atoms with van der Waals surface area (Å²) in [6.07, 6.45) is 7.35. The number of hydrogen-bond donors (Lipinski definition) is 5. The Morgan fingerprint density at radius 1 is 0.968 bits per heavy atom. The molecule has 3 aromatic rings. The summed E-state index contributed by atoms with van der Waals surface area (Å²) in [5, 5.41) is 37.4. The number of benzene rings is 2. The molecule has 3 fully saturated rings. The molecule has 9 atom stereocenters. The number of aliphatic hydroxyl groups excluding tert-OH is 2. The Bertz CT molecular complexity index is 2010. The molecule has 2 aromatic carbocycles. The van der Waals surface area contributed by atoms with Crippen LogP contribution in [0.15, 0.2) is 48.0 Å². The molecule has 3 amide bonds. The Kier molecular flexibility index (Phi) is 16.0. The summed E-state index contributed by atoms with van der Waals surface area (Å²) in [7, 11) is 0. The summed E-state index contributed by atoms with van der Waals surface area (Å²) in [5.41, 5.74) is 7.47. The maximum atomic E-state index is 13.8. The fraction of sp³-hybridized carbons (Fsp3) is 0.633. The Balaban J connectivity index is 0.764. The third-order valence-electron chi connectivity index (χ3n) is 14.5. The van der Waals surface area contributed by atoms with E-state index in [0.717, 1.165) is 73.1 Å². The molecule has 1 aliphatic heterocycles. The van der Waals surface area contributed by atoms with Crippen molar-refractivity contribution < 1.29 is 43.9 Å². The number of hydrogen-bond acceptors (Lipinski definition) is 11. The van der Waals surface area contributed by atoms with E-state index in [1.165, 1.54) is 16.0 Å². The van der Waals surface area contributed by atoms with Crippen LogP contribution in [0.1, 0.15) is 100 Å². The third kappa shape index (κ3) is 11.1. The van der Waals surface area contributed by atoms with Gasteiger partial charge < -0.3 is 45.1 Å². The fourth-order valence-corrected chi connectivity index (χ4v) is 11.9. The SMILES string of the molecule is Cc1ncsc1-c1ccc(CNC(=O)C2C[C@@H](O)CN2C(=O)[C@@H](NC(=O)COCCOCCOCCCC[C@@H]2Cc3cc(O)ccc3[C@H]3CC[C@]4(C)[C@@H](O)CC[C@H]4[C@H]23)C(C)C)cc1. The lowest BCUT2D eigenvalue weighted by Gasteiger charge is -2.53. The van der Waals surface area contributed by atoms with Crippen molar-refractivity contribution in [3.8, 4) is 16.2 Å². The zero-order valence-corrected chi connectivity index (χ0v) is 38.2. The molecule has 14 heteroatoms. The first-order valence-corrected chi connectivity index (χ1v) is 24.0. The molecule has 1 saturated heterocycles. The number of phenolic OH excluding ortho intramolecular Hbond substituents is 1. The number of phenols is 1. The summed E-state index contributed by atoms with van der Waals surface area (Å²) in [6, 6.07) is 12.1. The van der Waals surface area contributed by atoms with Crippen molar-refractivity contribution in [2.45, 2.75) is 122 Å². The number of ether oxygens (including phenoxy) is 3. The average Bonchev–Trinajstić information content (AvgIpc) is 3.97. The number of rotatable bonds is 20. The highest BCUT2D eigenvalue weighted by molar-refractivity contribution is 7.13. The zero-order valence-electron chi connectivity index (χ0n) is 37.4. The van der Waals surface area contributed by atoms with Crippen LogP contribution in [-0.4, -0.2) is 113 Å². The van der Waals surface area contributed by atoms with E-state index in [-0.39, 0.29) is 62.7 Å². The maximum absolute atomic E-state index is 13.8. The molecule has 1 aromatic heterocycles. The van der Waals surface area contributed by atoms with E-state index in [1.54, 1.807) is 11.3 Å². The molecule has 344 valence electrons. The van der Waals surface area contributed by atoms with Crippen LogP contribution < -0.4 is 10.6 Å². The Morgan fingerprint density at radius 2 is 1.71 bits per heavy atom. The van der Waals surface area contributed by atoms with Crippen molar-refractivity contribution >= 4 is 29.1 Å². The molecule has 0 bridgehead atoms. The molecule has 2 saturated carbocycles. The van der Waals surface area contributed by atoms with Crippen LogP contribution in [0.5, 0.6) is 5.75 Å². The standard InChI is InChI=1S/C49H68N4O9S/c1-30(2)45(48(59)53-27-37(55)25-41(53)47(58)50-26-32-8-10-33(11-9-32)46-31(3)51-29-63-46)52-43(57)28-62-22-21-61-20-19-60-18-6-5-7-34-23-35-24-36(54)12-13-38(35)39-16-17-49(4)40(44(34)39)14-15-42(49)56/h8-13,24,29-30,34,37,39-42,44-45,54-56H,5-7,14-23,25-28H2,1-4H3,(H,50,58)(H,52,57)/t34-,37-,39-,40+,41?,42+,44-,45+,49+/m1/s1. The smallest absolute Gasteiger partial charge is 0.246 e. The Morgan fingerprint density at radius 3 is 2.44 bits per heavy atom. The van der Waals surface area contributed by atoms with Gasteiger partial charge in [0.05, 0.1) is 54.7 Å². The Labute approximate surface area is 376 Å². The van der Waals surface area contributed by atoms with Gasteiger partial charge in [0.2, 0.25) is 17.7 Å². The van der Waals surface area contributed by atoms with Crippen molar-refractivity contribution in [2.75, 3.05) is 46.2 Å². The lowest BCUT2D eigenvalue weighted by atomic mass is 9.52. The van der Waals surface area contributed by atoms with Gasteiger partial charge in [0.15, 0.2) is 0 Å². The van der Waals surface area contributed by atoms with Crippen LogP contribution in [0, 0.1) is 36.0 Å². The molecule has 13 nitrogen and oxygen atoms in total. The van der Waals surface area contributed by atoms with Crippen LogP contribution >= 0.6 is 11.3 Å². The number of fused-ring (bicyclic) bond motifs is 5. The maximum Gasteiger partial charge on any atom is 0.246 e. The average molecular weight is 889 g/mol. The van der Waals surface area contributed by atoms with Crippen LogP contribution in [-0.2, 0) is 41.6 Å². The molecular weight excluding hydrogens is 821 g/mol. The number of amides is 3. The van der Waals surface area contributed by atoms with Crippen molar-refractivity contribution in [1.29, 1.82) is 0 Å². The number of aliphatic hydroxyl groups is 2. The predicted molar refractivity (Wildman–Crippen MR) is 241 cm³/mol. The van der Waals surface area contributed by atoms with Gasteiger partial charge in [-0.15, -0.1) is 11.3 Å². The molecule has 5 N–H and O–H groups in total. The first-order chi connectivity index (χ1) is 30.3. The minimum atomic E-state index is -0.895. The van der Waals surface area contributed by atoms with Crippen LogP contribution in [0.3, 0.4) is 0 Å². The van der Waals surface area contributed by atoms with Crippen molar-refractivity contribution in [3.63, 3.8) is 0 Å². The zero-order chi connectivity index (χ0) is 44.7. The van der Waals surface area contributed by atoms with Gasteiger partial charge in [-0.3, -0.25) is 14.4 Å². The molecule has 0 radical (unpaired) electrons. The van der Waals surface area contributed by atoms with Crippen molar-refractivity contribution in [2.24, 2.45) is 29.1 Å². The number of aryl methyl sites for hydroxylation is 1. The number of aromatic nitrogens is 1. The molecular formula is C49H68N4O9S. The molecule has 1 unspecified atom stereocenters. The number of unbranched alkanes of at least 4 members (excludes halogenated alkanes) is 1. The second-order valence-electron chi connectivity index (χ2n) is 18.9. The van der Waals surface area contributed by atoms with E-state index in [0.29, 0.717) is 49.2 Å². The highest BCUT2D eigenvalue weighted by atomic mass is 32.1. The number of aromatic hydroxyl groups is 1. The number of thiazole rings is 1. The summed E-state index contributed by atoms with van der Waals surface area (Å²) in [6.45, 7) is 9.97. The molecule has 2 heterocycles. The van der Waals surface area contributed by atoms with Gasteiger partial charge in [-0.05, 0) is 121 Å². The highest BCUT2D eigenvalue weighted by Gasteiger charge is 2.56. The predicted octanol–water partition coefficient (Wildman–Crippen LogP) is 5.91. The van der Waals surface area contributed by atoms with Gasteiger partial charge in [-0.2, -0.15) is 0 Å². The summed E-state index contributed by atoms with van der Waals surface area (Å²) < 4.78 is 17.1. The quantitative estimate of drug-likeness (QED) is 0.0858. The topological polar surface area (TPSA) is 180 Å². The molecule has 0 spiro atoms. The highest BCUT2D eigenvalue weighted by Crippen LogP contribution is 2.62. The second kappa shape index (κ2) is 21.4.